The minimum atomic E-state index is 1.02. The molecule has 0 atom stereocenters. The number of nitrogens with one attached hydrogen (secondary N) is 1. The SMILES string of the molecule is c1ccc(NCCN2CCN(Cc3cccs3)CC2)cc1. The third-order valence-corrected chi connectivity index (χ3v) is 4.82. The third-order valence-electron chi connectivity index (χ3n) is 3.96. The van der Waals surface area contributed by atoms with Crippen LogP contribution in [-0.4, -0.2) is 49.1 Å². The van der Waals surface area contributed by atoms with Crippen LogP contribution in [0.1, 0.15) is 4.88 Å². The first-order chi connectivity index (χ1) is 10.4. The summed E-state index contributed by atoms with van der Waals surface area (Å²) in [6, 6.07) is 14.8. The fraction of sp³-hybridized carbons (Fsp3) is 0.412. The Kier molecular flexibility index (Phi) is 5.27. The zero-order valence-corrected chi connectivity index (χ0v) is 13.2. The number of rotatable bonds is 6. The van der Waals surface area contributed by atoms with E-state index in [-0.39, 0.29) is 0 Å². The molecule has 1 aliphatic heterocycles. The maximum atomic E-state index is 3.49. The van der Waals surface area contributed by atoms with Gasteiger partial charge in [-0.15, -0.1) is 11.3 Å². The van der Waals surface area contributed by atoms with E-state index in [9.17, 15) is 0 Å². The Morgan fingerprint density at radius 1 is 0.905 bits per heavy atom. The summed E-state index contributed by atoms with van der Waals surface area (Å²) < 4.78 is 0. The van der Waals surface area contributed by atoms with Crippen molar-refractivity contribution in [2.75, 3.05) is 44.6 Å². The van der Waals surface area contributed by atoms with E-state index in [2.05, 4.69) is 63.0 Å². The zero-order chi connectivity index (χ0) is 14.3. The van der Waals surface area contributed by atoms with Crippen LogP contribution < -0.4 is 5.32 Å². The Morgan fingerprint density at radius 3 is 2.38 bits per heavy atom. The number of thiophene rings is 1. The van der Waals surface area contributed by atoms with Crippen LogP contribution in [0, 0.1) is 0 Å². The maximum absolute atomic E-state index is 3.49. The molecule has 2 aromatic rings. The molecule has 1 N–H and O–H groups in total. The Hall–Kier alpha value is -1.36. The van der Waals surface area contributed by atoms with Crippen molar-refractivity contribution in [2.45, 2.75) is 6.54 Å². The van der Waals surface area contributed by atoms with Crippen LogP contribution in [0.4, 0.5) is 5.69 Å². The Morgan fingerprint density at radius 2 is 1.67 bits per heavy atom. The molecule has 0 amide bonds. The minimum Gasteiger partial charge on any atom is -0.384 e. The van der Waals surface area contributed by atoms with Gasteiger partial charge < -0.3 is 5.32 Å². The lowest BCUT2D eigenvalue weighted by molar-refractivity contribution is 0.131. The molecule has 0 radical (unpaired) electrons. The van der Waals surface area contributed by atoms with Gasteiger partial charge in [0.15, 0.2) is 0 Å². The van der Waals surface area contributed by atoms with Gasteiger partial charge >= 0.3 is 0 Å². The molecule has 1 aromatic heterocycles. The molecule has 1 fully saturated rings. The molecule has 0 saturated carbocycles. The van der Waals surface area contributed by atoms with Crippen molar-refractivity contribution < 1.29 is 0 Å². The number of hydrogen-bond donors (Lipinski definition) is 1. The molecule has 4 heteroatoms. The monoisotopic (exact) mass is 301 g/mol. The van der Waals surface area contributed by atoms with Gasteiger partial charge in [0, 0.05) is 56.4 Å². The van der Waals surface area contributed by atoms with Gasteiger partial charge in [-0.1, -0.05) is 24.3 Å². The van der Waals surface area contributed by atoms with Crippen molar-refractivity contribution in [2.24, 2.45) is 0 Å². The smallest absolute Gasteiger partial charge is 0.0340 e. The summed E-state index contributed by atoms with van der Waals surface area (Å²) in [5, 5.41) is 5.65. The number of piperazine rings is 1. The number of anilines is 1. The maximum Gasteiger partial charge on any atom is 0.0340 e. The fourth-order valence-corrected chi connectivity index (χ4v) is 3.45. The third kappa shape index (κ3) is 4.56. The Bertz CT molecular complexity index is 504. The number of nitrogens with zero attached hydrogens (tertiary/aromatic N) is 2. The summed E-state index contributed by atoms with van der Waals surface area (Å²) in [5.74, 6) is 0. The van der Waals surface area contributed by atoms with Gasteiger partial charge in [-0.2, -0.15) is 0 Å². The summed E-state index contributed by atoms with van der Waals surface area (Å²) in [6.45, 7) is 8.00. The van der Waals surface area contributed by atoms with Gasteiger partial charge in [0.1, 0.15) is 0 Å². The molecule has 2 heterocycles. The average molecular weight is 301 g/mol. The molecule has 1 saturated heterocycles. The predicted molar refractivity (Wildman–Crippen MR) is 91.0 cm³/mol. The summed E-state index contributed by atoms with van der Waals surface area (Å²) in [7, 11) is 0. The second-order valence-electron chi connectivity index (χ2n) is 5.49. The first-order valence-corrected chi connectivity index (χ1v) is 8.54. The van der Waals surface area contributed by atoms with Crippen LogP contribution >= 0.6 is 11.3 Å². The van der Waals surface area contributed by atoms with Gasteiger partial charge in [0.2, 0.25) is 0 Å². The van der Waals surface area contributed by atoms with E-state index in [1.807, 2.05) is 11.3 Å². The minimum absolute atomic E-state index is 1.02. The first-order valence-electron chi connectivity index (χ1n) is 7.66. The molecule has 3 rings (SSSR count). The van der Waals surface area contributed by atoms with E-state index in [4.69, 9.17) is 0 Å². The van der Waals surface area contributed by atoms with E-state index >= 15 is 0 Å². The second kappa shape index (κ2) is 7.59. The van der Waals surface area contributed by atoms with Gasteiger partial charge in [0.25, 0.3) is 0 Å². The van der Waals surface area contributed by atoms with Crippen molar-refractivity contribution >= 4 is 17.0 Å². The molecular formula is C17H23N3S. The average Bonchev–Trinajstić information content (AvgIpc) is 3.03. The molecule has 112 valence electrons. The number of para-hydroxylation sites is 1. The highest BCUT2D eigenvalue weighted by Crippen LogP contribution is 2.13. The molecular weight excluding hydrogens is 278 g/mol. The quantitative estimate of drug-likeness (QED) is 0.885. The lowest BCUT2D eigenvalue weighted by Gasteiger charge is -2.34. The molecule has 0 unspecified atom stereocenters. The second-order valence-corrected chi connectivity index (χ2v) is 6.52. The predicted octanol–water partition coefficient (Wildman–Crippen LogP) is 2.98. The van der Waals surface area contributed by atoms with Crippen LogP contribution in [0.25, 0.3) is 0 Å². The lowest BCUT2D eigenvalue weighted by Crippen LogP contribution is -2.47. The summed E-state index contributed by atoms with van der Waals surface area (Å²) >= 11 is 1.86. The normalized spacial score (nSPS) is 17.0. The van der Waals surface area contributed by atoms with Gasteiger partial charge in [-0.25, -0.2) is 0 Å². The molecule has 0 bridgehead atoms. The molecule has 0 aliphatic carbocycles. The molecule has 0 spiro atoms. The van der Waals surface area contributed by atoms with Crippen molar-refractivity contribution in [1.29, 1.82) is 0 Å². The largest absolute Gasteiger partial charge is 0.384 e. The molecule has 1 aromatic carbocycles. The molecule has 3 nitrogen and oxygen atoms in total. The number of hydrogen-bond acceptors (Lipinski definition) is 4. The highest BCUT2D eigenvalue weighted by Gasteiger charge is 2.16. The van der Waals surface area contributed by atoms with Crippen LogP contribution in [0.15, 0.2) is 47.8 Å². The summed E-state index contributed by atoms with van der Waals surface area (Å²) in [4.78, 5) is 6.60. The molecule has 1 aliphatic rings. The van der Waals surface area contributed by atoms with Crippen molar-refractivity contribution in [3.63, 3.8) is 0 Å². The Balaban J connectivity index is 1.34. The highest BCUT2D eigenvalue weighted by atomic mass is 32.1. The molecule has 21 heavy (non-hydrogen) atoms. The topological polar surface area (TPSA) is 18.5 Å². The highest BCUT2D eigenvalue weighted by molar-refractivity contribution is 7.09. The van der Waals surface area contributed by atoms with Crippen molar-refractivity contribution in [3.8, 4) is 0 Å². The van der Waals surface area contributed by atoms with Crippen molar-refractivity contribution in [3.05, 3.63) is 52.7 Å². The number of benzene rings is 1. The first kappa shape index (κ1) is 14.6. The van der Waals surface area contributed by atoms with Gasteiger partial charge in [-0.05, 0) is 23.6 Å². The zero-order valence-electron chi connectivity index (χ0n) is 12.4. The van der Waals surface area contributed by atoms with E-state index < -0.39 is 0 Å². The lowest BCUT2D eigenvalue weighted by atomic mass is 10.3. The van der Waals surface area contributed by atoms with Crippen LogP contribution in [0.3, 0.4) is 0 Å². The van der Waals surface area contributed by atoms with E-state index in [0.29, 0.717) is 0 Å². The van der Waals surface area contributed by atoms with Gasteiger partial charge in [0.05, 0.1) is 0 Å². The summed E-state index contributed by atoms with van der Waals surface area (Å²) in [6.07, 6.45) is 0. The van der Waals surface area contributed by atoms with Crippen molar-refractivity contribution in [1.82, 2.24) is 9.80 Å². The van der Waals surface area contributed by atoms with Crippen LogP contribution in [0.2, 0.25) is 0 Å². The van der Waals surface area contributed by atoms with E-state index in [0.717, 1.165) is 19.6 Å². The summed E-state index contributed by atoms with van der Waals surface area (Å²) in [5.41, 5.74) is 1.22. The van der Waals surface area contributed by atoms with Crippen LogP contribution in [0.5, 0.6) is 0 Å². The fourth-order valence-electron chi connectivity index (χ4n) is 2.71. The van der Waals surface area contributed by atoms with Gasteiger partial charge in [-0.3, -0.25) is 9.80 Å². The standard InChI is InChI=1S/C17H23N3S/c1-2-5-16(6-3-1)18-8-9-19-10-12-20(13-11-19)15-17-7-4-14-21-17/h1-7,14,18H,8-13,15H2. The van der Waals surface area contributed by atoms with E-state index in [1.165, 1.54) is 36.7 Å². The van der Waals surface area contributed by atoms with E-state index in [1.54, 1.807) is 0 Å². The van der Waals surface area contributed by atoms with Crippen LogP contribution in [-0.2, 0) is 6.54 Å². The Labute approximate surface area is 131 Å².